The molecular formula is C8H11FN2O. The number of halogens is 1. The fourth-order valence-corrected chi connectivity index (χ4v) is 0.989. The molecule has 1 rings (SSSR count). The predicted octanol–water partition coefficient (Wildman–Crippen LogP) is 1.13. The van der Waals surface area contributed by atoms with E-state index >= 15 is 0 Å². The van der Waals surface area contributed by atoms with E-state index in [0.717, 1.165) is 6.07 Å². The number of hydrogen-bond acceptors (Lipinski definition) is 3. The molecule has 12 heavy (non-hydrogen) atoms. The van der Waals surface area contributed by atoms with Gasteiger partial charge in [0, 0.05) is 17.7 Å². The predicted molar refractivity (Wildman–Crippen MR) is 45.1 cm³/mol. The summed E-state index contributed by atoms with van der Waals surface area (Å²) in [6.07, 6.45) is 0. The molecule has 0 aliphatic heterocycles. The summed E-state index contributed by atoms with van der Waals surface area (Å²) >= 11 is 0. The number of aromatic hydroxyl groups is 1. The zero-order valence-corrected chi connectivity index (χ0v) is 6.71. The highest BCUT2D eigenvalue weighted by Gasteiger charge is 2.10. The number of phenolic OH excluding ortho intramolecular Hbond substituents is 1. The SMILES string of the molecule is C[C@H](N)c1cc(F)cc(N)c1O. The summed E-state index contributed by atoms with van der Waals surface area (Å²) in [5.74, 6) is -0.621. The van der Waals surface area contributed by atoms with E-state index < -0.39 is 11.9 Å². The molecule has 0 saturated carbocycles. The third-order valence-electron chi connectivity index (χ3n) is 1.62. The minimum Gasteiger partial charge on any atom is -0.505 e. The average Bonchev–Trinajstić information content (AvgIpc) is 1.96. The minimum atomic E-state index is -0.488. The van der Waals surface area contributed by atoms with Crippen LogP contribution >= 0.6 is 0 Å². The van der Waals surface area contributed by atoms with E-state index in [9.17, 15) is 9.50 Å². The second-order valence-corrected chi connectivity index (χ2v) is 2.72. The lowest BCUT2D eigenvalue weighted by molar-refractivity contribution is 0.463. The molecule has 0 bridgehead atoms. The van der Waals surface area contributed by atoms with Gasteiger partial charge in [0.05, 0.1) is 5.69 Å². The smallest absolute Gasteiger partial charge is 0.143 e. The lowest BCUT2D eigenvalue weighted by Gasteiger charge is -2.09. The summed E-state index contributed by atoms with van der Waals surface area (Å²) in [6, 6.07) is 1.81. The van der Waals surface area contributed by atoms with Crippen molar-refractivity contribution in [2.75, 3.05) is 5.73 Å². The molecule has 0 heterocycles. The van der Waals surface area contributed by atoms with Crippen LogP contribution in [-0.4, -0.2) is 5.11 Å². The number of anilines is 1. The van der Waals surface area contributed by atoms with Crippen molar-refractivity contribution in [2.45, 2.75) is 13.0 Å². The Bertz CT molecular complexity index is 299. The topological polar surface area (TPSA) is 72.3 Å². The molecule has 5 N–H and O–H groups in total. The van der Waals surface area contributed by atoms with Gasteiger partial charge in [0.15, 0.2) is 0 Å². The zero-order chi connectivity index (χ0) is 9.30. The molecule has 0 amide bonds. The van der Waals surface area contributed by atoms with Crippen molar-refractivity contribution in [1.29, 1.82) is 0 Å². The first-order valence-electron chi connectivity index (χ1n) is 3.56. The monoisotopic (exact) mass is 170 g/mol. The Morgan fingerprint density at radius 2 is 2.08 bits per heavy atom. The van der Waals surface area contributed by atoms with Crippen molar-refractivity contribution < 1.29 is 9.50 Å². The summed E-state index contributed by atoms with van der Waals surface area (Å²) < 4.78 is 12.7. The number of rotatable bonds is 1. The zero-order valence-electron chi connectivity index (χ0n) is 6.71. The van der Waals surface area contributed by atoms with Crippen molar-refractivity contribution in [1.82, 2.24) is 0 Å². The lowest BCUT2D eigenvalue weighted by Crippen LogP contribution is -2.06. The van der Waals surface area contributed by atoms with E-state index in [1.165, 1.54) is 6.07 Å². The van der Waals surface area contributed by atoms with E-state index in [2.05, 4.69) is 0 Å². The number of nitrogens with two attached hydrogens (primary N) is 2. The molecule has 4 heteroatoms. The molecule has 0 spiro atoms. The number of nitrogen functional groups attached to an aromatic ring is 1. The molecule has 0 fully saturated rings. The van der Waals surface area contributed by atoms with E-state index in [-0.39, 0.29) is 11.4 Å². The van der Waals surface area contributed by atoms with Gasteiger partial charge in [-0.3, -0.25) is 0 Å². The summed E-state index contributed by atoms with van der Waals surface area (Å²) in [4.78, 5) is 0. The Morgan fingerprint density at radius 3 is 2.58 bits per heavy atom. The van der Waals surface area contributed by atoms with Crippen LogP contribution < -0.4 is 11.5 Å². The Hall–Kier alpha value is -1.29. The van der Waals surface area contributed by atoms with Crippen LogP contribution in [0.3, 0.4) is 0 Å². The van der Waals surface area contributed by atoms with Crippen molar-refractivity contribution in [3.8, 4) is 5.75 Å². The third-order valence-corrected chi connectivity index (χ3v) is 1.62. The number of benzene rings is 1. The Kier molecular flexibility index (Phi) is 2.19. The van der Waals surface area contributed by atoms with Gasteiger partial charge in [-0.05, 0) is 13.0 Å². The van der Waals surface area contributed by atoms with Crippen molar-refractivity contribution in [2.24, 2.45) is 5.73 Å². The Morgan fingerprint density at radius 1 is 1.50 bits per heavy atom. The van der Waals surface area contributed by atoms with E-state index in [1.54, 1.807) is 6.92 Å². The minimum absolute atomic E-state index is 0.0160. The molecule has 66 valence electrons. The van der Waals surface area contributed by atoms with Gasteiger partial charge >= 0.3 is 0 Å². The number of phenols is 1. The molecule has 0 aromatic heterocycles. The van der Waals surface area contributed by atoms with E-state index in [4.69, 9.17) is 11.5 Å². The maximum absolute atomic E-state index is 12.7. The van der Waals surface area contributed by atoms with Crippen LogP contribution in [0.2, 0.25) is 0 Å². The van der Waals surface area contributed by atoms with Crippen LogP contribution in [0.1, 0.15) is 18.5 Å². The molecular weight excluding hydrogens is 159 g/mol. The van der Waals surface area contributed by atoms with Gasteiger partial charge in [-0.25, -0.2) is 4.39 Å². The van der Waals surface area contributed by atoms with Crippen LogP contribution in [0.5, 0.6) is 5.75 Å². The first-order valence-corrected chi connectivity index (χ1v) is 3.56. The maximum atomic E-state index is 12.7. The van der Waals surface area contributed by atoms with Gasteiger partial charge in [-0.1, -0.05) is 0 Å². The highest BCUT2D eigenvalue weighted by molar-refractivity contribution is 5.56. The Balaban J connectivity index is 3.28. The first kappa shape index (κ1) is 8.80. The average molecular weight is 170 g/mol. The molecule has 0 unspecified atom stereocenters. The van der Waals surface area contributed by atoms with Crippen LogP contribution in [0.15, 0.2) is 12.1 Å². The highest BCUT2D eigenvalue weighted by Crippen LogP contribution is 2.29. The van der Waals surface area contributed by atoms with Crippen molar-refractivity contribution in [3.63, 3.8) is 0 Å². The Labute approximate surface area is 69.8 Å². The fraction of sp³-hybridized carbons (Fsp3) is 0.250. The molecule has 0 aliphatic rings. The van der Waals surface area contributed by atoms with Crippen LogP contribution in [0.25, 0.3) is 0 Å². The van der Waals surface area contributed by atoms with Crippen molar-refractivity contribution in [3.05, 3.63) is 23.5 Å². The van der Waals surface area contributed by atoms with Crippen molar-refractivity contribution >= 4 is 5.69 Å². The van der Waals surface area contributed by atoms with Gasteiger partial charge in [-0.2, -0.15) is 0 Å². The van der Waals surface area contributed by atoms with Gasteiger partial charge in [0.25, 0.3) is 0 Å². The summed E-state index contributed by atoms with van der Waals surface area (Å²) in [7, 11) is 0. The molecule has 3 nitrogen and oxygen atoms in total. The first-order chi connectivity index (χ1) is 5.52. The third kappa shape index (κ3) is 1.48. The number of hydrogen-bond donors (Lipinski definition) is 3. The summed E-state index contributed by atoms with van der Waals surface area (Å²) in [6.45, 7) is 1.65. The fourth-order valence-electron chi connectivity index (χ4n) is 0.989. The molecule has 1 atom stereocenters. The normalized spacial score (nSPS) is 12.9. The van der Waals surface area contributed by atoms with Gasteiger partial charge in [0.2, 0.25) is 0 Å². The largest absolute Gasteiger partial charge is 0.505 e. The highest BCUT2D eigenvalue weighted by atomic mass is 19.1. The molecule has 1 aromatic rings. The molecule has 0 saturated heterocycles. The summed E-state index contributed by atoms with van der Waals surface area (Å²) in [5, 5.41) is 9.32. The standard InChI is InChI=1S/C8H11FN2O/c1-4(10)6-2-5(9)3-7(11)8(6)12/h2-4,12H,10-11H2,1H3/t4-/m0/s1. The second kappa shape index (κ2) is 2.98. The lowest BCUT2D eigenvalue weighted by atomic mass is 10.1. The molecule has 0 aliphatic carbocycles. The van der Waals surface area contributed by atoms with Gasteiger partial charge < -0.3 is 16.6 Å². The second-order valence-electron chi connectivity index (χ2n) is 2.72. The van der Waals surface area contributed by atoms with Gasteiger partial charge in [0.1, 0.15) is 11.6 Å². The van der Waals surface area contributed by atoms with E-state index in [1.807, 2.05) is 0 Å². The summed E-state index contributed by atoms with van der Waals surface area (Å²) in [5.41, 5.74) is 11.1. The van der Waals surface area contributed by atoms with Crippen LogP contribution in [0, 0.1) is 5.82 Å². The molecule has 0 radical (unpaired) electrons. The van der Waals surface area contributed by atoms with E-state index in [0.29, 0.717) is 5.56 Å². The van der Waals surface area contributed by atoms with Gasteiger partial charge in [-0.15, -0.1) is 0 Å². The molecule has 1 aromatic carbocycles. The van der Waals surface area contributed by atoms with Crippen LogP contribution in [-0.2, 0) is 0 Å². The van der Waals surface area contributed by atoms with Crippen LogP contribution in [0.4, 0.5) is 10.1 Å². The maximum Gasteiger partial charge on any atom is 0.143 e. The quantitative estimate of drug-likeness (QED) is 0.437.